The first kappa shape index (κ1) is 16.5. The molecule has 5 rings (SSSR count). The topological polar surface area (TPSA) is 23.6 Å². The van der Waals surface area contributed by atoms with Gasteiger partial charge in [0.15, 0.2) is 0 Å². The summed E-state index contributed by atoms with van der Waals surface area (Å²) in [6.45, 7) is 4.07. The van der Waals surface area contributed by atoms with Crippen molar-refractivity contribution in [2.75, 3.05) is 19.6 Å². The molecule has 1 spiro atoms. The van der Waals surface area contributed by atoms with Crippen LogP contribution in [-0.2, 0) is 11.3 Å². The quantitative estimate of drug-likeness (QED) is 0.736. The van der Waals surface area contributed by atoms with Gasteiger partial charge >= 0.3 is 0 Å². The van der Waals surface area contributed by atoms with Crippen molar-refractivity contribution in [3.05, 3.63) is 58.3 Å². The van der Waals surface area contributed by atoms with Gasteiger partial charge in [-0.1, -0.05) is 36.4 Å². The van der Waals surface area contributed by atoms with Crippen molar-refractivity contribution in [2.45, 2.75) is 38.3 Å². The van der Waals surface area contributed by atoms with Gasteiger partial charge in [0.1, 0.15) is 0 Å². The Labute approximate surface area is 159 Å². The number of hydrogen-bond donors (Lipinski definition) is 0. The van der Waals surface area contributed by atoms with Crippen molar-refractivity contribution in [3.63, 3.8) is 0 Å². The molecule has 3 aliphatic rings. The Kier molecular flexibility index (Phi) is 4.13. The number of benzene rings is 1. The average Bonchev–Trinajstić information content (AvgIpc) is 3.36. The fourth-order valence-corrected chi connectivity index (χ4v) is 5.62. The third-order valence-electron chi connectivity index (χ3n) is 6.50. The van der Waals surface area contributed by atoms with Crippen LogP contribution in [-0.4, -0.2) is 35.3 Å². The second-order valence-corrected chi connectivity index (χ2v) is 9.26. The maximum Gasteiger partial charge on any atom is 0.231 e. The normalized spacial score (nSPS) is 25.5. The second-order valence-electron chi connectivity index (χ2n) is 8.23. The number of β-lactam (4-membered cyclic amide) rings is 1. The first-order valence-corrected chi connectivity index (χ1v) is 10.7. The summed E-state index contributed by atoms with van der Waals surface area (Å²) >= 11 is 1.83. The summed E-state index contributed by atoms with van der Waals surface area (Å²) < 4.78 is 0. The second kappa shape index (κ2) is 6.50. The zero-order valence-corrected chi connectivity index (χ0v) is 16.0. The number of piperidine rings is 1. The van der Waals surface area contributed by atoms with Gasteiger partial charge in [0.05, 0.1) is 11.5 Å². The van der Waals surface area contributed by atoms with Gasteiger partial charge in [-0.05, 0) is 61.7 Å². The van der Waals surface area contributed by atoms with E-state index >= 15 is 0 Å². The summed E-state index contributed by atoms with van der Waals surface area (Å²) in [5.41, 5.74) is 1.18. The number of carbonyl (C=O) groups is 1. The molecule has 1 saturated carbocycles. The zero-order chi connectivity index (χ0) is 17.6. The number of nitrogens with zero attached hydrogens (tertiary/aromatic N) is 2. The average molecular weight is 367 g/mol. The smallest absolute Gasteiger partial charge is 0.231 e. The summed E-state index contributed by atoms with van der Waals surface area (Å²) in [6, 6.07) is 15.4. The molecule has 2 aromatic rings. The molecule has 26 heavy (non-hydrogen) atoms. The molecule has 0 N–H and O–H groups in total. The van der Waals surface area contributed by atoms with E-state index in [1.54, 1.807) is 0 Å². The number of carbonyl (C=O) groups excluding carboxylic acids is 1. The zero-order valence-electron chi connectivity index (χ0n) is 15.1. The summed E-state index contributed by atoms with van der Waals surface area (Å²) in [6.07, 6.45) is 4.59. The van der Waals surface area contributed by atoms with Crippen molar-refractivity contribution in [3.8, 4) is 0 Å². The lowest BCUT2D eigenvalue weighted by atomic mass is 9.62. The van der Waals surface area contributed by atoms with Gasteiger partial charge in [-0.2, -0.15) is 0 Å². The molecule has 2 saturated heterocycles. The Morgan fingerprint density at radius 1 is 1.04 bits per heavy atom. The monoisotopic (exact) mass is 366 g/mol. The van der Waals surface area contributed by atoms with E-state index in [2.05, 4.69) is 57.6 Å². The number of amides is 1. The molecule has 3 heterocycles. The Bertz CT molecular complexity index is 761. The Hall–Kier alpha value is -1.65. The molecule has 3 nitrogen and oxygen atoms in total. The highest BCUT2D eigenvalue weighted by Gasteiger charge is 2.61. The number of likely N-dealkylation sites (tertiary alicyclic amines) is 2. The van der Waals surface area contributed by atoms with Gasteiger partial charge in [0.25, 0.3) is 0 Å². The van der Waals surface area contributed by atoms with Gasteiger partial charge in [-0.3, -0.25) is 9.69 Å². The highest BCUT2D eigenvalue weighted by Crippen LogP contribution is 2.57. The molecule has 1 amide bonds. The van der Waals surface area contributed by atoms with Crippen LogP contribution < -0.4 is 0 Å². The van der Waals surface area contributed by atoms with Crippen molar-refractivity contribution in [2.24, 2.45) is 11.3 Å². The third-order valence-corrected chi connectivity index (χ3v) is 7.36. The van der Waals surface area contributed by atoms with Crippen LogP contribution in [0.4, 0.5) is 0 Å². The summed E-state index contributed by atoms with van der Waals surface area (Å²) in [5.74, 6) is 1.18. The number of hydrogen-bond acceptors (Lipinski definition) is 3. The fraction of sp³-hybridized carbons (Fsp3) is 0.500. The standard InChI is InChI=1S/C22H26N2OS/c25-21-22(10-12-23(13-11-22)16-19-7-4-14-26-19)20(18-5-2-1-3-6-18)24(21)15-17-8-9-17/h1-7,14,17,20H,8-13,15-16H2. The minimum absolute atomic E-state index is 0.151. The SMILES string of the molecule is O=C1N(CC2CC2)C(c2ccccc2)C12CCN(Cc1cccs1)CC2. The molecule has 1 aromatic carbocycles. The van der Waals surface area contributed by atoms with E-state index in [0.717, 1.165) is 44.9 Å². The van der Waals surface area contributed by atoms with Gasteiger partial charge in [0.2, 0.25) is 5.91 Å². The molecule has 2 aliphatic heterocycles. The van der Waals surface area contributed by atoms with E-state index in [0.29, 0.717) is 11.9 Å². The lowest BCUT2D eigenvalue weighted by Gasteiger charge is -2.59. The number of thiophene rings is 1. The van der Waals surface area contributed by atoms with Crippen LogP contribution in [0.5, 0.6) is 0 Å². The predicted octanol–water partition coefficient (Wildman–Crippen LogP) is 4.32. The van der Waals surface area contributed by atoms with Crippen LogP contribution in [0.3, 0.4) is 0 Å². The fourth-order valence-electron chi connectivity index (χ4n) is 4.87. The lowest BCUT2D eigenvalue weighted by molar-refractivity contribution is -0.181. The molecule has 0 radical (unpaired) electrons. The summed E-state index contributed by atoms with van der Waals surface area (Å²) in [5, 5.41) is 2.15. The van der Waals surface area contributed by atoms with Crippen LogP contribution in [0.2, 0.25) is 0 Å². The van der Waals surface area contributed by atoms with Crippen molar-refractivity contribution in [1.29, 1.82) is 0 Å². The molecule has 1 aromatic heterocycles. The molecular formula is C22H26N2OS. The van der Waals surface area contributed by atoms with Gasteiger partial charge in [-0.25, -0.2) is 0 Å². The van der Waals surface area contributed by atoms with Gasteiger partial charge in [-0.15, -0.1) is 11.3 Å². The third kappa shape index (κ3) is 2.80. The molecule has 1 atom stereocenters. The summed E-state index contributed by atoms with van der Waals surface area (Å²) in [7, 11) is 0. The van der Waals surface area contributed by atoms with Crippen LogP contribution in [0.15, 0.2) is 47.8 Å². The lowest BCUT2D eigenvalue weighted by Crippen LogP contribution is -2.66. The molecule has 0 bridgehead atoms. The predicted molar refractivity (Wildman–Crippen MR) is 105 cm³/mol. The highest BCUT2D eigenvalue weighted by molar-refractivity contribution is 7.09. The van der Waals surface area contributed by atoms with Gasteiger partial charge < -0.3 is 4.90 Å². The maximum atomic E-state index is 13.2. The minimum atomic E-state index is -0.151. The minimum Gasteiger partial charge on any atom is -0.334 e. The van der Waals surface area contributed by atoms with Gasteiger partial charge in [0, 0.05) is 18.0 Å². The largest absolute Gasteiger partial charge is 0.334 e. The van der Waals surface area contributed by atoms with E-state index in [1.165, 1.54) is 23.3 Å². The maximum absolute atomic E-state index is 13.2. The summed E-state index contributed by atoms with van der Waals surface area (Å²) in [4.78, 5) is 19.4. The van der Waals surface area contributed by atoms with Crippen LogP contribution in [0.1, 0.15) is 42.2 Å². The molecular weight excluding hydrogens is 340 g/mol. The van der Waals surface area contributed by atoms with Crippen LogP contribution in [0, 0.1) is 11.3 Å². The molecule has 3 fully saturated rings. The molecule has 136 valence electrons. The van der Waals surface area contributed by atoms with Crippen LogP contribution >= 0.6 is 11.3 Å². The first-order chi connectivity index (χ1) is 12.8. The Balaban J connectivity index is 1.34. The van der Waals surface area contributed by atoms with E-state index in [-0.39, 0.29) is 5.41 Å². The van der Waals surface area contributed by atoms with Crippen LogP contribution in [0.25, 0.3) is 0 Å². The highest BCUT2D eigenvalue weighted by atomic mass is 32.1. The molecule has 1 aliphatic carbocycles. The van der Waals surface area contributed by atoms with Crippen molar-refractivity contribution >= 4 is 17.2 Å². The van der Waals surface area contributed by atoms with E-state index in [4.69, 9.17) is 0 Å². The number of rotatable bonds is 5. The van der Waals surface area contributed by atoms with E-state index in [1.807, 2.05) is 11.3 Å². The first-order valence-electron chi connectivity index (χ1n) is 9.87. The molecule has 4 heteroatoms. The molecule has 1 unspecified atom stereocenters. The van der Waals surface area contributed by atoms with E-state index < -0.39 is 0 Å². The Morgan fingerprint density at radius 3 is 2.46 bits per heavy atom. The Morgan fingerprint density at radius 2 is 1.81 bits per heavy atom. The van der Waals surface area contributed by atoms with E-state index in [9.17, 15) is 4.79 Å². The van der Waals surface area contributed by atoms with Crippen molar-refractivity contribution in [1.82, 2.24) is 9.80 Å². The van der Waals surface area contributed by atoms with Crippen molar-refractivity contribution < 1.29 is 4.79 Å².